The van der Waals surface area contributed by atoms with Gasteiger partial charge in [0, 0.05) is 0 Å². The Balaban J connectivity index is 1.75. The molecule has 1 saturated heterocycles. The second-order valence-corrected chi connectivity index (χ2v) is 13.2. The highest BCUT2D eigenvalue weighted by Crippen LogP contribution is 2.43. The average molecular weight is 412 g/mol. The maximum absolute atomic E-state index is 14.9. The lowest BCUT2D eigenvalue weighted by molar-refractivity contribution is -0.0435. The van der Waals surface area contributed by atoms with E-state index in [0.717, 1.165) is 12.8 Å². The van der Waals surface area contributed by atoms with Crippen molar-refractivity contribution in [1.29, 1.82) is 0 Å². The van der Waals surface area contributed by atoms with Gasteiger partial charge in [-0.15, -0.1) is 0 Å². The molecule has 8 nitrogen and oxygen atoms in total. The number of fused-ring (bicyclic) bond motifs is 1. The summed E-state index contributed by atoms with van der Waals surface area (Å²) >= 11 is 0. The number of halogens is 1. The van der Waals surface area contributed by atoms with Crippen molar-refractivity contribution in [1.82, 2.24) is 19.5 Å². The van der Waals surface area contributed by atoms with Gasteiger partial charge in [-0.1, -0.05) is 27.2 Å². The Labute approximate surface area is 165 Å². The minimum atomic E-state index is -2.08. The monoisotopic (exact) mass is 411 g/mol. The van der Waals surface area contributed by atoms with Gasteiger partial charge in [0.15, 0.2) is 32.2 Å². The number of anilines is 1. The molecule has 10 heteroatoms. The number of imidazole rings is 1. The lowest BCUT2D eigenvalue weighted by Gasteiger charge is -2.40. The van der Waals surface area contributed by atoms with Gasteiger partial charge in [-0.2, -0.15) is 0 Å². The maximum atomic E-state index is 14.9. The summed E-state index contributed by atoms with van der Waals surface area (Å²) in [6.45, 7) is 11.0. The number of nitrogen functional groups attached to an aromatic ring is 1. The first-order chi connectivity index (χ1) is 13.1. The molecule has 0 bridgehead atoms. The molecule has 0 saturated carbocycles. The van der Waals surface area contributed by atoms with Crippen molar-refractivity contribution >= 4 is 25.3 Å². The molecule has 0 radical (unpaired) electrons. The Kier molecular flexibility index (Phi) is 5.77. The highest BCUT2D eigenvalue weighted by molar-refractivity contribution is 6.74. The first kappa shape index (κ1) is 21.1. The van der Waals surface area contributed by atoms with Gasteiger partial charge in [0.2, 0.25) is 0 Å². The molecule has 0 unspecified atom stereocenters. The summed E-state index contributed by atoms with van der Waals surface area (Å²) in [6.07, 6.45) is 0.0956. The van der Waals surface area contributed by atoms with Crippen LogP contribution in [0, 0.1) is 0 Å². The van der Waals surface area contributed by atoms with Crippen molar-refractivity contribution in [2.45, 2.75) is 76.4 Å². The zero-order chi connectivity index (χ0) is 20.7. The molecule has 0 spiro atoms. The van der Waals surface area contributed by atoms with Crippen LogP contribution in [0.15, 0.2) is 12.7 Å². The molecule has 156 valence electrons. The molecule has 2 aromatic rings. The van der Waals surface area contributed by atoms with Gasteiger partial charge in [-0.3, -0.25) is 4.57 Å². The lowest BCUT2D eigenvalue weighted by Crippen LogP contribution is -2.45. The highest BCUT2D eigenvalue weighted by atomic mass is 28.4. The summed E-state index contributed by atoms with van der Waals surface area (Å²) in [5, 5.41) is 10.5. The predicted molar refractivity (Wildman–Crippen MR) is 107 cm³/mol. The van der Waals surface area contributed by atoms with Gasteiger partial charge in [0.1, 0.15) is 24.1 Å². The number of nitrogens with two attached hydrogens (primary N) is 1. The van der Waals surface area contributed by atoms with Crippen LogP contribution >= 0.6 is 0 Å². The largest absolute Gasteiger partial charge is 0.414 e. The van der Waals surface area contributed by atoms with E-state index in [-0.39, 0.29) is 17.5 Å². The fourth-order valence-corrected chi connectivity index (χ4v) is 5.36. The fourth-order valence-electron chi connectivity index (χ4n) is 3.53. The molecule has 3 heterocycles. The normalized spacial score (nSPS) is 26.2. The van der Waals surface area contributed by atoms with Gasteiger partial charge < -0.3 is 20.0 Å². The van der Waals surface area contributed by atoms with Crippen molar-refractivity contribution in [3.63, 3.8) is 0 Å². The van der Waals surface area contributed by atoms with E-state index >= 15 is 0 Å². The fraction of sp³-hybridized carbons (Fsp3) is 0.722. The van der Waals surface area contributed by atoms with E-state index in [1.807, 2.05) is 0 Å². The first-order valence-corrected chi connectivity index (χ1v) is 12.5. The van der Waals surface area contributed by atoms with Crippen molar-refractivity contribution < 1.29 is 18.7 Å². The van der Waals surface area contributed by atoms with E-state index in [4.69, 9.17) is 14.9 Å². The van der Waals surface area contributed by atoms with Crippen molar-refractivity contribution in [3.8, 4) is 0 Å². The molecule has 28 heavy (non-hydrogen) atoms. The van der Waals surface area contributed by atoms with Crippen LogP contribution in [0.5, 0.6) is 0 Å². The molecule has 1 aliphatic rings. The molecule has 3 N–H and O–H groups in total. The van der Waals surface area contributed by atoms with Gasteiger partial charge in [0.05, 0.1) is 12.9 Å². The van der Waals surface area contributed by atoms with Crippen LogP contribution in [0.2, 0.25) is 18.1 Å². The van der Waals surface area contributed by atoms with E-state index in [9.17, 15) is 9.50 Å². The van der Waals surface area contributed by atoms with Crippen LogP contribution in [-0.2, 0) is 9.16 Å². The number of hydrogen-bond donors (Lipinski definition) is 2. The summed E-state index contributed by atoms with van der Waals surface area (Å²) in [5.41, 5.74) is 6.54. The zero-order valence-electron chi connectivity index (χ0n) is 17.1. The third-order valence-electron chi connectivity index (χ3n) is 6.07. The number of aromatic nitrogens is 4. The van der Waals surface area contributed by atoms with Gasteiger partial charge in [-0.25, -0.2) is 19.3 Å². The molecule has 1 aliphatic heterocycles. The van der Waals surface area contributed by atoms with Crippen LogP contribution < -0.4 is 5.73 Å². The number of alkyl halides is 1. The molecule has 4 atom stereocenters. The summed E-state index contributed by atoms with van der Waals surface area (Å²) in [5.74, 6) is 0.212. The standard InChI is InChI=1S/C18H30FN5O3Si/c1-6-7-18(2,3)28(4,5)26-8-11-14(25)12(19)17(27-11)24-10-23-13-15(20)21-9-22-16(13)24/h9-12,14,17,25H,6-8H2,1-5H3,(H2,20,21,22)/t11-,12+,14-,17-/m1/s1. The highest BCUT2D eigenvalue weighted by Gasteiger charge is 2.48. The molecule has 2 aromatic heterocycles. The van der Waals surface area contributed by atoms with E-state index < -0.39 is 32.9 Å². The number of aliphatic hydroxyl groups is 1. The topological polar surface area (TPSA) is 108 Å². The van der Waals surface area contributed by atoms with Crippen LogP contribution in [0.1, 0.15) is 39.8 Å². The molecular weight excluding hydrogens is 381 g/mol. The summed E-state index contributed by atoms with van der Waals surface area (Å²) in [6, 6.07) is 0. The Morgan fingerprint density at radius 1 is 1.36 bits per heavy atom. The van der Waals surface area contributed by atoms with Gasteiger partial charge in [-0.05, 0) is 24.6 Å². The third kappa shape index (κ3) is 3.65. The average Bonchev–Trinajstić information content (AvgIpc) is 3.16. The molecule has 3 rings (SSSR count). The van der Waals surface area contributed by atoms with Crippen LogP contribution in [-0.4, -0.2) is 57.9 Å². The van der Waals surface area contributed by atoms with Crippen molar-refractivity contribution in [2.24, 2.45) is 0 Å². The third-order valence-corrected chi connectivity index (χ3v) is 10.5. The van der Waals surface area contributed by atoms with E-state index in [1.54, 1.807) is 0 Å². The minimum absolute atomic E-state index is 0.0643. The van der Waals surface area contributed by atoms with Gasteiger partial charge in [0.25, 0.3) is 0 Å². The minimum Gasteiger partial charge on any atom is -0.414 e. The quantitative estimate of drug-likeness (QED) is 0.674. The molecule has 0 aliphatic carbocycles. The summed E-state index contributed by atoms with van der Waals surface area (Å²) < 4.78 is 28.4. The molecule has 0 aromatic carbocycles. The zero-order valence-corrected chi connectivity index (χ0v) is 18.1. The van der Waals surface area contributed by atoms with Crippen LogP contribution in [0.4, 0.5) is 10.2 Å². The number of aliphatic hydroxyl groups excluding tert-OH is 1. The smallest absolute Gasteiger partial charge is 0.192 e. The Morgan fingerprint density at radius 2 is 2.07 bits per heavy atom. The van der Waals surface area contributed by atoms with E-state index in [0.29, 0.717) is 11.2 Å². The Morgan fingerprint density at radius 3 is 2.75 bits per heavy atom. The molecule has 1 fully saturated rings. The Hall–Kier alpha value is -1.62. The maximum Gasteiger partial charge on any atom is 0.192 e. The number of ether oxygens (including phenoxy) is 1. The van der Waals surface area contributed by atoms with Crippen LogP contribution in [0.25, 0.3) is 11.2 Å². The molecule has 0 amide bonds. The second-order valence-electron chi connectivity index (χ2n) is 8.54. The van der Waals surface area contributed by atoms with Crippen LogP contribution in [0.3, 0.4) is 0 Å². The second kappa shape index (κ2) is 7.66. The van der Waals surface area contributed by atoms with Crippen molar-refractivity contribution in [2.75, 3.05) is 12.3 Å². The molecular formula is C18H30FN5O3Si. The van der Waals surface area contributed by atoms with E-state index in [2.05, 4.69) is 48.8 Å². The lowest BCUT2D eigenvalue weighted by atomic mass is 10.1. The van der Waals surface area contributed by atoms with Crippen molar-refractivity contribution in [3.05, 3.63) is 12.7 Å². The predicted octanol–water partition coefficient (Wildman–Crippen LogP) is 2.81. The number of rotatable bonds is 7. The SMILES string of the molecule is CCCC(C)(C)[Si](C)(C)OC[C@H]1O[C@@H](n2cnc3c(N)ncnc32)[C@@H](F)[C@@H]1O. The Bertz CT molecular complexity index is 831. The van der Waals surface area contributed by atoms with Gasteiger partial charge >= 0.3 is 0 Å². The number of nitrogens with zero attached hydrogens (tertiary/aromatic N) is 4. The summed E-state index contributed by atoms with van der Waals surface area (Å²) in [4.78, 5) is 12.2. The van der Waals surface area contributed by atoms with E-state index in [1.165, 1.54) is 17.2 Å². The number of hydrogen-bond acceptors (Lipinski definition) is 7. The first-order valence-electron chi connectivity index (χ1n) is 9.63. The summed E-state index contributed by atoms with van der Waals surface area (Å²) in [7, 11) is -2.08.